The molecule has 0 aliphatic carbocycles. The number of halogens is 12. The Morgan fingerprint density at radius 1 is 0.932 bits per heavy atom. The highest BCUT2D eigenvalue weighted by atomic mass is 35.5. The highest BCUT2D eigenvalue weighted by molar-refractivity contribution is 6.30. The van der Waals surface area contributed by atoms with Crippen molar-refractivity contribution in [1.82, 2.24) is 15.6 Å². The van der Waals surface area contributed by atoms with Gasteiger partial charge in [0.15, 0.2) is 0 Å². The number of pyridine rings is 1. The van der Waals surface area contributed by atoms with Crippen LogP contribution in [-0.4, -0.2) is 53.2 Å². The zero-order valence-corrected chi connectivity index (χ0v) is 22.3. The van der Waals surface area contributed by atoms with E-state index in [0.717, 1.165) is 12.3 Å². The van der Waals surface area contributed by atoms with Gasteiger partial charge in [-0.2, -0.15) is 43.9 Å². The highest BCUT2D eigenvalue weighted by Gasteiger charge is 2.70. The number of aromatic nitrogens is 1. The average molecular weight is 666 g/mol. The normalized spacial score (nSPS) is 14.2. The van der Waals surface area contributed by atoms with E-state index in [-0.39, 0.29) is 22.3 Å². The molecule has 2 aromatic carbocycles. The number of alkyl halides is 10. The molecule has 1 aromatic heterocycles. The van der Waals surface area contributed by atoms with Crippen molar-refractivity contribution in [2.75, 3.05) is 6.54 Å². The van der Waals surface area contributed by atoms with E-state index in [1.165, 1.54) is 35.6 Å². The number of ether oxygens (including phenoxy) is 1. The van der Waals surface area contributed by atoms with Crippen molar-refractivity contribution in [2.45, 2.75) is 42.4 Å². The average Bonchev–Trinajstić information content (AvgIpc) is 2.90. The topological polar surface area (TPSA) is 83.5 Å². The minimum absolute atomic E-state index is 0.00734. The predicted octanol–water partition coefficient (Wildman–Crippen LogP) is 6.75. The van der Waals surface area contributed by atoms with Crippen LogP contribution in [0.2, 0.25) is 5.02 Å². The number of rotatable bonds is 10. The van der Waals surface area contributed by atoms with Gasteiger partial charge in [0.05, 0.1) is 17.3 Å². The van der Waals surface area contributed by atoms with E-state index in [4.69, 9.17) is 11.6 Å². The van der Waals surface area contributed by atoms with E-state index < -0.39 is 72.2 Å². The van der Waals surface area contributed by atoms with E-state index >= 15 is 0 Å². The van der Waals surface area contributed by atoms with Crippen LogP contribution in [-0.2, 0) is 12.0 Å². The molecule has 0 unspecified atom stereocenters. The molecule has 0 saturated carbocycles. The molecule has 3 aromatic rings. The van der Waals surface area contributed by atoms with Crippen LogP contribution in [0.3, 0.4) is 0 Å². The number of hydrogen-bond acceptors (Lipinski definition) is 4. The maximum absolute atomic E-state index is 14.8. The van der Waals surface area contributed by atoms with Gasteiger partial charge in [0, 0.05) is 18.7 Å². The first kappa shape index (κ1) is 34.6. The minimum Gasteiger partial charge on any atom is -0.428 e. The smallest absolute Gasteiger partial charge is 0.428 e. The van der Waals surface area contributed by atoms with E-state index in [1.54, 1.807) is 6.07 Å². The Morgan fingerprint density at radius 2 is 1.55 bits per heavy atom. The van der Waals surface area contributed by atoms with Gasteiger partial charge in [-0.05, 0) is 35.4 Å². The molecule has 1 atom stereocenters. The second-order valence-corrected chi connectivity index (χ2v) is 9.67. The fourth-order valence-electron chi connectivity index (χ4n) is 3.93. The third kappa shape index (κ3) is 7.61. The van der Waals surface area contributed by atoms with Crippen molar-refractivity contribution >= 4 is 17.6 Å². The molecule has 0 aliphatic rings. The van der Waals surface area contributed by atoms with Crippen LogP contribution in [0, 0.1) is 5.82 Å². The largest absolute Gasteiger partial charge is 0.461 e. The van der Waals surface area contributed by atoms with Crippen molar-refractivity contribution in [3.05, 3.63) is 94.5 Å². The molecule has 6 nitrogen and oxygen atoms in total. The van der Waals surface area contributed by atoms with Crippen molar-refractivity contribution < 1.29 is 62.9 Å². The Balaban J connectivity index is 2.20. The number of nitrogens with zero attached hydrogens (tertiary/aromatic N) is 1. The van der Waals surface area contributed by atoms with Crippen LogP contribution < -0.4 is 15.4 Å². The second-order valence-electron chi connectivity index (χ2n) is 9.23. The van der Waals surface area contributed by atoms with Crippen LogP contribution >= 0.6 is 11.6 Å². The molecule has 18 heteroatoms. The molecule has 2 amide bonds. The molecule has 0 radical (unpaired) electrons. The molecule has 3 N–H and O–H groups in total. The molecule has 240 valence electrons. The molecule has 3 rings (SSSR count). The van der Waals surface area contributed by atoms with E-state index in [9.17, 15) is 58.2 Å². The first-order valence-corrected chi connectivity index (χ1v) is 12.3. The zero-order valence-electron chi connectivity index (χ0n) is 21.6. The van der Waals surface area contributed by atoms with Crippen LogP contribution in [0.1, 0.15) is 16.8 Å². The summed E-state index contributed by atoms with van der Waals surface area (Å²) in [5.41, 5.74) is -8.38. The summed E-state index contributed by atoms with van der Waals surface area (Å²) in [6.45, 7) is -2.45. The molecule has 1 heterocycles. The van der Waals surface area contributed by atoms with Crippen LogP contribution in [0.15, 0.2) is 66.9 Å². The lowest BCUT2D eigenvalue weighted by Gasteiger charge is -2.37. The third-order valence-electron chi connectivity index (χ3n) is 6.12. The number of carbonyl (C=O) groups is 1. The Bertz CT molecular complexity index is 1430. The molecule has 0 aliphatic heterocycles. The summed E-state index contributed by atoms with van der Waals surface area (Å²) in [6, 6.07) is 9.30. The summed E-state index contributed by atoms with van der Waals surface area (Å²) in [4.78, 5) is 17.0. The summed E-state index contributed by atoms with van der Waals surface area (Å²) >= 11 is 5.87. The van der Waals surface area contributed by atoms with Crippen LogP contribution in [0.5, 0.6) is 5.75 Å². The quantitative estimate of drug-likeness (QED) is 0.209. The van der Waals surface area contributed by atoms with Crippen molar-refractivity contribution in [2.24, 2.45) is 0 Å². The fraction of sp³-hybridized carbons (Fsp3) is 0.308. The standard InChI is InChI=1S/C26H19ClF11N3O3/c27-16-6-7-19(39-12-16)22(11-14-4-2-1-3-5-14,15-8-17(28)10-18(9-15)44-24(31,32)20(29)30)41-21(42)40-13-23(43,25(33,34)35)26(36,37)38/h1-10,12,20,43H,11,13H2,(H2,40,41,42)/t22-/m0/s1. The maximum atomic E-state index is 14.8. The summed E-state index contributed by atoms with van der Waals surface area (Å²) in [6.07, 6.45) is -21.6. The molecule has 0 spiro atoms. The summed E-state index contributed by atoms with van der Waals surface area (Å²) < 4.78 is 151. The molecule has 0 fully saturated rings. The molecular formula is C26H19ClF11N3O3. The van der Waals surface area contributed by atoms with Gasteiger partial charge in [-0.25, -0.2) is 9.18 Å². The lowest BCUT2D eigenvalue weighted by atomic mass is 9.80. The number of hydrogen-bond donors (Lipinski definition) is 3. The van der Waals surface area contributed by atoms with Crippen molar-refractivity contribution in [3.8, 4) is 5.75 Å². The maximum Gasteiger partial charge on any atom is 0.461 e. The summed E-state index contributed by atoms with van der Waals surface area (Å²) in [5.74, 6) is -2.58. The molecule has 44 heavy (non-hydrogen) atoms. The first-order chi connectivity index (χ1) is 20.2. The highest BCUT2D eigenvalue weighted by Crippen LogP contribution is 2.43. The fourth-order valence-corrected chi connectivity index (χ4v) is 4.04. The summed E-state index contributed by atoms with van der Waals surface area (Å²) in [5, 5.41) is 12.8. The number of carbonyl (C=O) groups excluding carboxylic acids is 1. The molecule has 0 saturated heterocycles. The third-order valence-corrected chi connectivity index (χ3v) is 6.34. The Labute approximate surface area is 245 Å². The van der Waals surface area contributed by atoms with Gasteiger partial charge >= 0.3 is 30.9 Å². The number of nitrogens with one attached hydrogen (secondary N) is 2. The Morgan fingerprint density at radius 3 is 2.07 bits per heavy atom. The predicted molar refractivity (Wildman–Crippen MR) is 132 cm³/mol. The lowest BCUT2D eigenvalue weighted by Crippen LogP contribution is -2.64. The number of urea groups is 1. The minimum atomic E-state index is -6.30. The van der Waals surface area contributed by atoms with Crippen LogP contribution in [0.4, 0.5) is 53.1 Å². The number of benzene rings is 2. The lowest BCUT2D eigenvalue weighted by molar-refractivity contribution is -0.364. The Hall–Kier alpha value is -3.86. The monoisotopic (exact) mass is 665 g/mol. The first-order valence-electron chi connectivity index (χ1n) is 11.9. The van der Waals surface area contributed by atoms with Gasteiger partial charge in [-0.15, -0.1) is 0 Å². The van der Waals surface area contributed by atoms with E-state index in [1.807, 2.05) is 0 Å². The number of aliphatic hydroxyl groups is 1. The summed E-state index contributed by atoms with van der Waals surface area (Å²) in [7, 11) is 0. The van der Waals surface area contributed by atoms with E-state index in [2.05, 4.69) is 15.0 Å². The van der Waals surface area contributed by atoms with Gasteiger partial charge in [-0.1, -0.05) is 41.9 Å². The SMILES string of the molecule is O=C(NCC(O)(C(F)(F)F)C(F)(F)F)N[C@@](Cc1ccccc1)(c1cc(F)cc(OC(F)(F)C(F)F)c1)c1ccc(Cl)cn1. The van der Waals surface area contributed by atoms with Gasteiger partial charge in [-0.3, -0.25) is 4.98 Å². The van der Waals surface area contributed by atoms with E-state index in [0.29, 0.717) is 12.1 Å². The van der Waals surface area contributed by atoms with Crippen molar-refractivity contribution in [1.29, 1.82) is 0 Å². The van der Waals surface area contributed by atoms with Gasteiger partial charge < -0.3 is 20.5 Å². The van der Waals surface area contributed by atoms with Crippen LogP contribution in [0.25, 0.3) is 0 Å². The Kier molecular flexibility index (Phi) is 9.94. The van der Waals surface area contributed by atoms with Gasteiger partial charge in [0.2, 0.25) is 0 Å². The number of amides is 2. The van der Waals surface area contributed by atoms with Gasteiger partial charge in [0.25, 0.3) is 5.60 Å². The van der Waals surface area contributed by atoms with Crippen molar-refractivity contribution in [3.63, 3.8) is 0 Å². The van der Waals surface area contributed by atoms with Gasteiger partial charge in [0.1, 0.15) is 17.1 Å². The molecule has 0 bridgehead atoms. The zero-order chi connectivity index (χ0) is 33.1. The second kappa shape index (κ2) is 12.6. The molecular weight excluding hydrogens is 647 g/mol.